The second-order valence-electron chi connectivity index (χ2n) is 6.23. The summed E-state index contributed by atoms with van der Waals surface area (Å²) in [5.74, 6) is 1.46. The lowest BCUT2D eigenvalue weighted by molar-refractivity contribution is -0.0337. The van der Waals surface area contributed by atoms with E-state index in [2.05, 4.69) is 24.0 Å². The summed E-state index contributed by atoms with van der Waals surface area (Å²) in [4.78, 5) is 2.42. The average molecular weight is 275 g/mol. The minimum atomic E-state index is -0.485. The molecule has 3 nitrogen and oxygen atoms in total. The zero-order valence-corrected chi connectivity index (χ0v) is 12.3. The Morgan fingerprint density at radius 2 is 2.05 bits per heavy atom. The van der Waals surface area contributed by atoms with Crippen LogP contribution in [0.4, 0.5) is 0 Å². The Hall–Kier alpha value is -1.06. The number of aliphatic hydroxyl groups is 1. The molecule has 0 spiro atoms. The molecule has 0 saturated carbocycles. The van der Waals surface area contributed by atoms with E-state index in [0.29, 0.717) is 5.92 Å². The number of nitrogens with zero attached hydrogens (tertiary/aromatic N) is 1. The van der Waals surface area contributed by atoms with Crippen molar-refractivity contribution in [2.75, 3.05) is 26.2 Å². The first-order valence-electron chi connectivity index (χ1n) is 7.87. The molecule has 0 aromatic heterocycles. The molecule has 3 heteroatoms. The summed E-state index contributed by atoms with van der Waals surface area (Å²) < 4.78 is 5.72. The maximum atomic E-state index is 10.9. The van der Waals surface area contributed by atoms with E-state index < -0.39 is 5.60 Å². The van der Waals surface area contributed by atoms with Crippen LogP contribution in [0.25, 0.3) is 0 Å². The van der Waals surface area contributed by atoms with Crippen molar-refractivity contribution < 1.29 is 9.84 Å². The second-order valence-corrected chi connectivity index (χ2v) is 6.23. The van der Waals surface area contributed by atoms with Crippen molar-refractivity contribution in [1.29, 1.82) is 0 Å². The Kier molecular flexibility index (Phi) is 3.99. The normalized spacial score (nSPS) is 25.8. The fourth-order valence-electron chi connectivity index (χ4n) is 3.58. The van der Waals surface area contributed by atoms with Crippen molar-refractivity contribution in [3.8, 4) is 5.75 Å². The number of para-hydroxylation sites is 1. The van der Waals surface area contributed by atoms with E-state index in [0.717, 1.165) is 57.7 Å². The molecular weight excluding hydrogens is 250 g/mol. The molecule has 0 radical (unpaired) electrons. The molecule has 1 fully saturated rings. The zero-order valence-electron chi connectivity index (χ0n) is 12.3. The molecule has 3 rings (SSSR count). The third-order valence-corrected chi connectivity index (χ3v) is 4.94. The van der Waals surface area contributed by atoms with Gasteiger partial charge in [-0.05, 0) is 49.8 Å². The van der Waals surface area contributed by atoms with Crippen molar-refractivity contribution in [3.05, 3.63) is 29.8 Å². The molecule has 2 aliphatic rings. The van der Waals surface area contributed by atoms with Crippen LogP contribution < -0.4 is 4.74 Å². The van der Waals surface area contributed by atoms with Crippen LogP contribution >= 0.6 is 0 Å². The number of piperidine rings is 1. The molecule has 0 amide bonds. The van der Waals surface area contributed by atoms with Gasteiger partial charge in [0.15, 0.2) is 0 Å². The summed E-state index contributed by atoms with van der Waals surface area (Å²) in [6, 6.07) is 8.30. The van der Waals surface area contributed by atoms with E-state index >= 15 is 0 Å². The molecule has 0 aliphatic carbocycles. The first kappa shape index (κ1) is 13.9. The van der Waals surface area contributed by atoms with E-state index in [1.165, 1.54) is 5.56 Å². The van der Waals surface area contributed by atoms with Gasteiger partial charge in [-0.15, -0.1) is 0 Å². The molecule has 2 aliphatic heterocycles. The third-order valence-electron chi connectivity index (χ3n) is 4.94. The van der Waals surface area contributed by atoms with Crippen LogP contribution in [-0.4, -0.2) is 41.8 Å². The topological polar surface area (TPSA) is 32.7 Å². The predicted octanol–water partition coefficient (Wildman–Crippen LogP) is 2.79. The number of hydrogen-bond acceptors (Lipinski definition) is 3. The van der Waals surface area contributed by atoms with Crippen LogP contribution in [0.5, 0.6) is 5.75 Å². The van der Waals surface area contributed by atoms with Crippen LogP contribution in [0.1, 0.15) is 44.1 Å². The Labute approximate surface area is 121 Å². The first-order valence-corrected chi connectivity index (χ1v) is 7.87. The SMILES string of the molecule is CCN1CCC(O)(CC2CCOc3ccccc32)CC1. The third kappa shape index (κ3) is 2.84. The molecule has 1 atom stereocenters. The van der Waals surface area contributed by atoms with Gasteiger partial charge in [0.05, 0.1) is 12.2 Å². The molecule has 1 aromatic rings. The molecule has 1 saturated heterocycles. The fourth-order valence-corrected chi connectivity index (χ4v) is 3.58. The number of fused-ring (bicyclic) bond motifs is 1. The Morgan fingerprint density at radius 3 is 2.80 bits per heavy atom. The van der Waals surface area contributed by atoms with Crippen LogP contribution in [0.3, 0.4) is 0 Å². The lowest BCUT2D eigenvalue weighted by Gasteiger charge is -2.40. The van der Waals surface area contributed by atoms with E-state index in [4.69, 9.17) is 4.74 Å². The lowest BCUT2D eigenvalue weighted by Crippen LogP contribution is -2.45. The smallest absolute Gasteiger partial charge is 0.122 e. The Morgan fingerprint density at radius 1 is 1.30 bits per heavy atom. The minimum Gasteiger partial charge on any atom is -0.493 e. The van der Waals surface area contributed by atoms with E-state index in [9.17, 15) is 5.11 Å². The standard InChI is InChI=1S/C17H25NO2/c1-2-18-10-8-17(19,9-11-18)13-14-7-12-20-16-6-4-3-5-15(14)16/h3-6,14,19H,2,7-13H2,1H3. The number of rotatable bonds is 3. The first-order chi connectivity index (χ1) is 9.70. The largest absolute Gasteiger partial charge is 0.493 e. The number of ether oxygens (including phenoxy) is 1. The average Bonchev–Trinajstić information content (AvgIpc) is 2.48. The lowest BCUT2D eigenvalue weighted by atomic mass is 9.78. The highest BCUT2D eigenvalue weighted by Gasteiger charge is 2.36. The quantitative estimate of drug-likeness (QED) is 0.920. The van der Waals surface area contributed by atoms with Gasteiger partial charge in [-0.2, -0.15) is 0 Å². The predicted molar refractivity (Wildman–Crippen MR) is 80.2 cm³/mol. The highest BCUT2D eigenvalue weighted by atomic mass is 16.5. The summed E-state index contributed by atoms with van der Waals surface area (Å²) >= 11 is 0. The van der Waals surface area contributed by atoms with E-state index in [-0.39, 0.29) is 0 Å². The van der Waals surface area contributed by atoms with Gasteiger partial charge in [0.25, 0.3) is 0 Å². The minimum absolute atomic E-state index is 0.443. The summed E-state index contributed by atoms with van der Waals surface area (Å²) in [6.45, 7) is 6.11. The molecule has 2 heterocycles. The zero-order chi connectivity index (χ0) is 14.0. The van der Waals surface area contributed by atoms with Gasteiger partial charge >= 0.3 is 0 Å². The Bertz CT molecular complexity index is 452. The van der Waals surface area contributed by atoms with Crippen molar-refractivity contribution in [2.24, 2.45) is 0 Å². The van der Waals surface area contributed by atoms with Gasteiger partial charge < -0.3 is 14.7 Å². The van der Waals surface area contributed by atoms with Gasteiger partial charge in [0, 0.05) is 13.1 Å². The van der Waals surface area contributed by atoms with E-state index in [1.54, 1.807) is 0 Å². The second kappa shape index (κ2) is 5.74. The maximum Gasteiger partial charge on any atom is 0.122 e. The van der Waals surface area contributed by atoms with Crippen molar-refractivity contribution in [3.63, 3.8) is 0 Å². The summed E-state index contributed by atoms with van der Waals surface area (Å²) in [5, 5.41) is 10.9. The molecule has 1 unspecified atom stereocenters. The molecular formula is C17H25NO2. The van der Waals surface area contributed by atoms with Gasteiger partial charge in [0.2, 0.25) is 0 Å². The van der Waals surface area contributed by atoms with Crippen LogP contribution in [0.2, 0.25) is 0 Å². The monoisotopic (exact) mass is 275 g/mol. The Balaban J connectivity index is 1.69. The molecule has 1 aromatic carbocycles. The van der Waals surface area contributed by atoms with Crippen LogP contribution in [-0.2, 0) is 0 Å². The van der Waals surface area contributed by atoms with Crippen molar-refractivity contribution in [1.82, 2.24) is 4.90 Å². The van der Waals surface area contributed by atoms with Gasteiger partial charge in [-0.1, -0.05) is 25.1 Å². The van der Waals surface area contributed by atoms with Crippen molar-refractivity contribution >= 4 is 0 Å². The number of likely N-dealkylation sites (tertiary alicyclic amines) is 1. The summed E-state index contributed by atoms with van der Waals surface area (Å²) in [7, 11) is 0. The molecule has 110 valence electrons. The molecule has 1 N–H and O–H groups in total. The highest BCUT2D eigenvalue weighted by molar-refractivity contribution is 5.38. The summed E-state index contributed by atoms with van der Waals surface area (Å²) in [6.07, 6.45) is 3.71. The van der Waals surface area contributed by atoms with E-state index in [1.807, 2.05) is 12.1 Å². The maximum absolute atomic E-state index is 10.9. The van der Waals surface area contributed by atoms with Crippen LogP contribution in [0.15, 0.2) is 24.3 Å². The molecule has 0 bridgehead atoms. The number of benzene rings is 1. The number of hydrogen-bond donors (Lipinski definition) is 1. The van der Waals surface area contributed by atoms with Crippen molar-refractivity contribution in [2.45, 2.75) is 44.1 Å². The van der Waals surface area contributed by atoms with Gasteiger partial charge in [0.1, 0.15) is 5.75 Å². The summed E-state index contributed by atoms with van der Waals surface area (Å²) in [5.41, 5.74) is 0.797. The van der Waals surface area contributed by atoms with Gasteiger partial charge in [-0.3, -0.25) is 0 Å². The highest BCUT2D eigenvalue weighted by Crippen LogP contribution is 2.40. The van der Waals surface area contributed by atoms with Gasteiger partial charge in [-0.25, -0.2) is 0 Å². The van der Waals surface area contributed by atoms with Crippen LogP contribution in [0, 0.1) is 0 Å². The molecule has 20 heavy (non-hydrogen) atoms. The fraction of sp³-hybridized carbons (Fsp3) is 0.647.